The number of carbonyl (C=O) groups excluding carboxylic acids is 2. The highest BCUT2D eigenvalue weighted by Crippen LogP contribution is 2.34. The predicted molar refractivity (Wildman–Crippen MR) is 178 cm³/mol. The second kappa shape index (κ2) is 14.8. The molecule has 3 N–H and O–H groups in total. The number of amides is 2. The minimum Gasteiger partial charge on any atom is -0.384 e. The number of para-hydroxylation sites is 1. The number of benzene rings is 2. The van der Waals surface area contributed by atoms with Crippen LogP contribution in [0.15, 0.2) is 55.1 Å². The predicted octanol–water partition coefficient (Wildman–Crippen LogP) is 7.39. The summed E-state index contributed by atoms with van der Waals surface area (Å²) in [7, 11) is 0. The van der Waals surface area contributed by atoms with Gasteiger partial charge in [0.15, 0.2) is 5.13 Å². The van der Waals surface area contributed by atoms with Gasteiger partial charge in [-0.15, -0.1) is 6.58 Å². The number of hydrogen-bond acceptors (Lipinski definition) is 7. The molecule has 0 saturated heterocycles. The third kappa shape index (κ3) is 7.82. The molecule has 10 heteroatoms. The summed E-state index contributed by atoms with van der Waals surface area (Å²) in [5, 5.41) is 11.9. The maximum Gasteiger partial charge on any atom is 0.249 e. The minimum absolute atomic E-state index is 0.113. The second-order valence-electron chi connectivity index (χ2n) is 10.4. The van der Waals surface area contributed by atoms with Gasteiger partial charge < -0.3 is 16.0 Å². The highest BCUT2D eigenvalue weighted by atomic mass is 35.5. The van der Waals surface area contributed by atoms with Gasteiger partial charge in [-0.2, -0.15) is 11.8 Å². The third-order valence-corrected chi connectivity index (χ3v) is 9.53. The Morgan fingerprint density at radius 2 is 1.93 bits per heavy atom. The molecule has 1 unspecified atom stereocenters. The van der Waals surface area contributed by atoms with Gasteiger partial charge in [-0.3, -0.25) is 14.6 Å². The summed E-state index contributed by atoms with van der Waals surface area (Å²) in [6.07, 6.45) is 9.18. The zero-order valence-electron chi connectivity index (χ0n) is 23.6. The quantitative estimate of drug-likeness (QED) is 0.100. The van der Waals surface area contributed by atoms with Crippen LogP contribution in [0.5, 0.6) is 0 Å². The number of thiazole rings is 1. The van der Waals surface area contributed by atoms with E-state index in [2.05, 4.69) is 33.6 Å². The van der Waals surface area contributed by atoms with Gasteiger partial charge in [0.05, 0.1) is 15.7 Å². The average Bonchev–Trinajstić information content (AvgIpc) is 3.40. The summed E-state index contributed by atoms with van der Waals surface area (Å²) in [6.45, 7) is 4.57. The van der Waals surface area contributed by atoms with Crippen LogP contribution in [0.4, 0.5) is 10.8 Å². The van der Waals surface area contributed by atoms with Crippen LogP contribution in [0.3, 0.4) is 0 Å². The zero-order chi connectivity index (χ0) is 29.3. The number of nitrogens with zero attached hydrogens (tertiary/aromatic N) is 2. The molecular formula is C32H36ClN5O2S2. The van der Waals surface area contributed by atoms with Crippen LogP contribution in [0.2, 0.25) is 5.02 Å². The lowest BCUT2D eigenvalue weighted by molar-refractivity contribution is -0.126. The van der Waals surface area contributed by atoms with Crippen molar-refractivity contribution in [3.8, 4) is 0 Å². The SMILES string of the molecule is C=CCSCC(NC(=O)CCCCCNc1c2c(nc3cc(Cl)ccc13)CCCC2)C(=O)Nc1nc2ccccc2s1. The zero-order valence-corrected chi connectivity index (χ0v) is 26.0. The summed E-state index contributed by atoms with van der Waals surface area (Å²) in [4.78, 5) is 35.3. The van der Waals surface area contributed by atoms with Crippen molar-refractivity contribution in [3.05, 3.63) is 71.4 Å². The standard InChI is InChI=1S/C32H36ClN5O2S2/c1-2-18-41-20-27(31(40)38-32-37-25-12-7-8-13-28(25)42-32)36-29(39)14-4-3-9-17-34-30-22-10-5-6-11-24(22)35-26-19-21(33)15-16-23(26)30/h2,7-8,12-13,15-16,19,27H,1,3-6,9-11,14,17-18,20H2,(H,34,35)(H,36,39)(H,37,38,40). The Balaban J connectivity index is 1.10. The lowest BCUT2D eigenvalue weighted by Crippen LogP contribution is -2.45. The molecule has 2 aromatic heterocycles. The number of rotatable bonds is 14. The van der Waals surface area contributed by atoms with Crippen LogP contribution < -0.4 is 16.0 Å². The van der Waals surface area contributed by atoms with Gasteiger partial charge in [0, 0.05) is 46.3 Å². The summed E-state index contributed by atoms with van der Waals surface area (Å²) in [6, 6.07) is 13.0. The number of aryl methyl sites for hydroxylation is 1. The van der Waals surface area contributed by atoms with Crippen molar-refractivity contribution in [2.75, 3.05) is 28.7 Å². The molecule has 1 aliphatic carbocycles. The van der Waals surface area contributed by atoms with E-state index < -0.39 is 6.04 Å². The molecule has 0 bridgehead atoms. The fraction of sp³-hybridized carbons (Fsp3) is 0.375. The monoisotopic (exact) mass is 621 g/mol. The number of carbonyl (C=O) groups is 2. The Hall–Kier alpha value is -3.14. The molecule has 0 radical (unpaired) electrons. The maximum absolute atomic E-state index is 13.1. The first-order chi connectivity index (χ1) is 20.5. The van der Waals surface area contributed by atoms with E-state index >= 15 is 0 Å². The first-order valence-corrected chi connectivity index (χ1v) is 16.9. The van der Waals surface area contributed by atoms with Crippen molar-refractivity contribution < 1.29 is 9.59 Å². The Morgan fingerprint density at radius 3 is 2.79 bits per heavy atom. The summed E-state index contributed by atoms with van der Waals surface area (Å²) < 4.78 is 1.00. The smallest absolute Gasteiger partial charge is 0.249 e. The highest BCUT2D eigenvalue weighted by molar-refractivity contribution is 7.99. The van der Waals surface area contributed by atoms with Crippen molar-refractivity contribution in [1.29, 1.82) is 0 Å². The fourth-order valence-corrected chi connectivity index (χ4v) is 7.05. The van der Waals surface area contributed by atoms with Crippen molar-refractivity contribution >= 4 is 78.5 Å². The van der Waals surface area contributed by atoms with Gasteiger partial charge in [0.25, 0.3) is 0 Å². The van der Waals surface area contributed by atoms with Crippen LogP contribution in [0.1, 0.15) is 49.8 Å². The molecule has 42 heavy (non-hydrogen) atoms. The van der Waals surface area contributed by atoms with Gasteiger partial charge in [-0.25, -0.2) is 4.98 Å². The summed E-state index contributed by atoms with van der Waals surface area (Å²) >= 11 is 9.24. The molecular weight excluding hydrogens is 586 g/mol. The lowest BCUT2D eigenvalue weighted by atomic mass is 9.92. The Kier molecular flexibility index (Phi) is 10.7. The van der Waals surface area contributed by atoms with Crippen molar-refractivity contribution in [2.45, 2.75) is 57.4 Å². The fourth-order valence-electron chi connectivity index (χ4n) is 5.24. The van der Waals surface area contributed by atoms with E-state index in [4.69, 9.17) is 16.6 Å². The topological polar surface area (TPSA) is 96.0 Å². The average molecular weight is 622 g/mol. The molecule has 2 amide bonds. The molecule has 5 rings (SSSR count). The van der Waals surface area contributed by atoms with E-state index in [1.807, 2.05) is 36.4 Å². The van der Waals surface area contributed by atoms with Gasteiger partial charge in [0.1, 0.15) is 6.04 Å². The van der Waals surface area contributed by atoms with Crippen LogP contribution in [-0.2, 0) is 22.4 Å². The van der Waals surface area contributed by atoms with Crippen LogP contribution in [0, 0.1) is 0 Å². The molecule has 1 aliphatic rings. The molecule has 4 aromatic rings. The molecule has 220 valence electrons. The highest BCUT2D eigenvalue weighted by Gasteiger charge is 2.22. The van der Waals surface area contributed by atoms with E-state index in [-0.39, 0.29) is 11.8 Å². The number of unbranched alkanes of at least 4 members (excludes halogenated alkanes) is 2. The minimum atomic E-state index is -0.643. The molecule has 2 aromatic carbocycles. The third-order valence-electron chi connectivity index (χ3n) is 7.30. The second-order valence-corrected chi connectivity index (χ2v) is 13.0. The van der Waals surface area contributed by atoms with Gasteiger partial charge in [-0.1, -0.05) is 47.6 Å². The molecule has 2 heterocycles. The maximum atomic E-state index is 13.1. The number of halogens is 1. The lowest BCUT2D eigenvalue weighted by Gasteiger charge is -2.22. The van der Waals surface area contributed by atoms with E-state index in [0.29, 0.717) is 28.1 Å². The molecule has 1 atom stereocenters. The first-order valence-electron chi connectivity index (χ1n) is 14.5. The van der Waals surface area contributed by atoms with E-state index in [1.165, 1.54) is 41.1 Å². The number of anilines is 2. The van der Waals surface area contributed by atoms with E-state index in [0.717, 1.165) is 59.8 Å². The van der Waals surface area contributed by atoms with Gasteiger partial charge in [-0.05, 0) is 74.4 Å². The number of pyridine rings is 1. The molecule has 0 spiro atoms. The number of aromatic nitrogens is 2. The summed E-state index contributed by atoms with van der Waals surface area (Å²) in [5.41, 5.74) is 5.48. The normalized spacial score (nSPS) is 13.5. The number of nitrogens with one attached hydrogen (secondary N) is 3. The Bertz CT molecular complexity index is 1540. The number of hydrogen-bond donors (Lipinski definition) is 3. The Morgan fingerprint density at radius 1 is 1.07 bits per heavy atom. The summed E-state index contributed by atoms with van der Waals surface area (Å²) in [5.74, 6) is 0.806. The van der Waals surface area contributed by atoms with Crippen molar-refractivity contribution in [3.63, 3.8) is 0 Å². The van der Waals surface area contributed by atoms with Crippen LogP contribution >= 0.6 is 34.7 Å². The van der Waals surface area contributed by atoms with Gasteiger partial charge in [0.2, 0.25) is 11.8 Å². The molecule has 7 nitrogen and oxygen atoms in total. The number of fused-ring (bicyclic) bond motifs is 3. The van der Waals surface area contributed by atoms with Crippen molar-refractivity contribution in [1.82, 2.24) is 15.3 Å². The van der Waals surface area contributed by atoms with E-state index in [1.54, 1.807) is 17.8 Å². The van der Waals surface area contributed by atoms with Crippen LogP contribution in [-0.4, -0.2) is 45.9 Å². The molecule has 0 saturated carbocycles. The molecule has 0 aliphatic heterocycles. The first kappa shape index (κ1) is 30.3. The van der Waals surface area contributed by atoms with Crippen molar-refractivity contribution in [2.24, 2.45) is 0 Å². The van der Waals surface area contributed by atoms with E-state index in [9.17, 15) is 9.59 Å². The number of thioether (sulfide) groups is 1. The largest absolute Gasteiger partial charge is 0.384 e. The van der Waals surface area contributed by atoms with Crippen LogP contribution in [0.25, 0.3) is 21.1 Å². The Labute approximate surface area is 259 Å². The molecule has 0 fully saturated rings. The van der Waals surface area contributed by atoms with Gasteiger partial charge >= 0.3 is 0 Å².